The lowest BCUT2D eigenvalue weighted by Crippen LogP contribution is -2.32. The fraction of sp³-hybridized carbons (Fsp3) is 0.889. The van der Waals surface area contributed by atoms with E-state index in [1.807, 2.05) is 0 Å². The second-order valence-electron chi connectivity index (χ2n) is 7.66. The number of aliphatic hydroxyl groups is 1. The Morgan fingerprint density at radius 2 is 1.95 bits per heavy atom. The molecule has 0 bridgehead atoms. The zero-order valence-corrected chi connectivity index (χ0v) is 13.7. The van der Waals surface area contributed by atoms with Gasteiger partial charge in [-0.2, -0.15) is 0 Å². The maximum atomic E-state index is 10.1. The third-order valence-electron chi connectivity index (χ3n) is 4.82. The molecule has 19 heavy (non-hydrogen) atoms. The maximum Gasteiger partial charge on any atom is 0.0721 e. The van der Waals surface area contributed by atoms with Crippen LogP contribution in [0.4, 0.5) is 0 Å². The first-order valence-corrected chi connectivity index (χ1v) is 8.19. The summed E-state index contributed by atoms with van der Waals surface area (Å²) >= 11 is 0. The van der Waals surface area contributed by atoms with E-state index >= 15 is 0 Å². The third-order valence-corrected chi connectivity index (χ3v) is 4.82. The maximum absolute atomic E-state index is 10.1. The van der Waals surface area contributed by atoms with Gasteiger partial charge in [0.1, 0.15) is 0 Å². The van der Waals surface area contributed by atoms with Gasteiger partial charge in [-0.3, -0.25) is 0 Å². The predicted molar refractivity (Wildman–Crippen MR) is 84.1 cm³/mol. The molecule has 0 aromatic heterocycles. The Hall–Kier alpha value is -0.300. The second kappa shape index (κ2) is 7.47. The fourth-order valence-electron chi connectivity index (χ4n) is 3.53. The smallest absolute Gasteiger partial charge is 0.0721 e. The van der Waals surface area contributed by atoms with Crippen molar-refractivity contribution in [2.24, 2.45) is 23.2 Å². The van der Waals surface area contributed by atoms with E-state index in [4.69, 9.17) is 0 Å². The van der Waals surface area contributed by atoms with Crippen LogP contribution < -0.4 is 0 Å². The molecule has 1 fully saturated rings. The minimum Gasteiger partial charge on any atom is -0.389 e. The Kier molecular flexibility index (Phi) is 6.59. The first kappa shape index (κ1) is 16.8. The molecule has 3 unspecified atom stereocenters. The highest BCUT2D eigenvalue weighted by atomic mass is 16.3. The molecule has 0 amide bonds. The van der Waals surface area contributed by atoms with Crippen LogP contribution in [0.1, 0.15) is 73.1 Å². The van der Waals surface area contributed by atoms with E-state index in [0.29, 0.717) is 11.3 Å². The zero-order valence-electron chi connectivity index (χ0n) is 13.7. The van der Waals surface area contributed by atoms with Crippen LogP contribution in [0, 0.1) is 23.2 Å². The highest BCUT2D eigenvalue weighted by molar-refractivity contribution is 5.02. The summed E-state index contributed by atoms with van der Waals surface area (Å²) in [6, 6.07) is 0. The molecule has 1 nitrogen and oxygen atoms in total. The van der Waals surface area contributed by atoms with Gasteiger partial charge in [-0.15, -0.1) is 0 Å². The third kappa shape index (κ3) is 5.69. The summed E-state index contributed by atoms with van der Waals surface area (Å²) < 4.78 is 0. The van der Waals surface area contributed by atoms with Crippen molar-refractivity contribution >= 4 is 0 Å². The zero-order chi connectivity index (χ0) is 14.5. The quantitative estimate of drug-likeness (QED) is 0.656. The van der Waals surface area contributed by atoms with Gasteiger partial charge in [0.25, 0.3) is 0 Å². The van der Waals surface area contributed by atoms with Gasteiger partial charge < -0.3 is 5.11 Å². The lowest BCUT2D eigenvalue weighted by atomic mass is 9.64. The standard InChI is InChI=1S/C18H34O/c1-14(2)8-6-10-16(19)11-12-17-15(3)9-7-13-18(17,4)5/h11-12,14-17,19H,6-10,13H2,1-5H3. The van der Waals surface area contributed by atoms with Crippen LogP contribution in [0.15, 0.2) is 12.2 Å². The Labute approximate surface area is 120 Å². The summed E-state index contributed by atoms with van der Waals surface area (Å²) in [5.41, 5.74) is 0.395. The molecule has 0 aromatic carbocycles. The lowest BCUT2D eigenvalue weighted by Gasteiger charge is -2.41. The minimum atomic E-state index is -0.247. The van der Waals surface area contributed by atoms with Crippen LogP contribution in [0.5, 0.6) is 0 Å². The number of aliphatic hydroxyl groups excluding tert-OH is 1. The van der Waals surface area contributed by atoms with Crippen LogP contribution in [-0.4, -0.2) is 11.2 Å². The van der Waals surface area contributed by atoms with Crippen molar-refractivity contribution in [3.63, 3.8) is 0 Å². The van der Waals surface area contributed by atoms with Crippen molar-refractivity contribution < 1.29 is 5.11 Å². The van der Waals surface area contributed by atoms with Crippen LogP contribution >= 0.6 is 0 Å². The minimum absolute atomic E-state index is 0.247. The van der Waals surface area contributed by atoms with Crippen molar-refractivity contribution in [3.8, 4) is 0 Å². The molecule has 112 valence electrons. The topological polar surface area (TPSA) is 20.2 Å². The van der Waals surface area contributed by atoms with Crippen LogP contribution in [-0.2, 0) is 0 Å². The largest absolute Gasteiger partial charge is 0.389 e. The average molecular weight is 266 g/mol. The monoisotopic (exact) mass is 266 g/mol. The molecule has 1 rings (SSSR count). The van der Waals surface area contributed by atoms with Crippen LogP contribution in [0.2, 0.25) is 0 Å². The summed E-state index contributed by atoms with van der Waals surface area (Å²) in [6.07, 6.45) is 11.4. The van der Waals surface area contributed by atoms with Gasteiger partial charge in [0, 0.05) is 0 Å². The fourth-order valence-corrected chi connectivity index (χ4v) is 3.53. The Morgan fingerprint density at radius 1 is 1.26 bits per heavy atom. The molecule has 0 aromatic rings. The summed E-state index contributed by atoms with van der Waals surface area (Å²) in [7, 11) is 0. The lowest BCUT2D eigenvalue weighted by molar-refractivity contribution is 0.120. The Bertz CT molecular complexity index is 277. The molecule has 0 spiro atoms. The van der Waals surface area contributed by atoms with E-state index in [2.05, 4.69) is 46.8 Å². The van der Waals surface area contributed by atoms with Crippen molar-refractivity contribution in [1.82, 2.24) is 0 Å². The normalized spacial score (nSPS) is 29.0. The first-order valence-electron chi connectivity index (χ1n) is 8.19. The van der Waals surface area contributed by atoms with E-state index in [1.165, 1.54) is 25.7 Å². The highest BCUT2D eigenvalue weighted by Crippen LogP contribution is 2.44. The van der Waals surface area contributed by atoms with Gasteiger partial charge in [-0.1, -0.05) is 72.5 Å². The van der Waals surface area contributed by atoms with Gasteiger partial charge >= 0.3 is 0 Å². The number of allylic oxidation sites excluding steroid dienone is 1. The van der Waals surface area contributed by atoms with Crippen LogP contribution in [0.3, 0.4) is 0 Å². The SMILES string of the molecule is CC(C)CCCC(O)C=CC1C(C)CCCC1(C)C. The van der Waals surface area contributed by atoms with Crippen molar-refractivity contribution in [1.29, 1.82) is 0 Å². The van der Waals surface area contributed by atoms with E-state index in [0.717, 1.165) is 24.7 Å². The number of rotatable bonds is 6. The average Bonchev–Trinajstić information content (AvgIpc) is 2.26. The van der Waals surface area contributed by atoms with E-state index in [-0.39, 0.29) is 6.10 Å². The molecule has 0 radical (unpaired) electrons. The molecular weight excluding hydrogens is 232 g/mol. The summed E-state index contributed by atoms with van der Waals surface area (Å²) in [5, 5.41) is 10.1. The second-order valence-corrected chi connectivity index (χ2v) is 7.66. The molecule has 0 heterocycles. The van der Waals surface area contributed by atoms with E-state index in [9.17, 15) is 5.11 Å². The predicted octanol–water partition coefficient (Wildman–Crippen LogP) is 5.19. The van der Waals surface area contributed by atoms with E-state index in [1.54, 1.807) is 0 Å². The van der Waals surface area contributed by atoms with Crippen molar-refractivity contribution in [2.75, 3.05) is 0 Å². The summed E-state index contributed by atoms with van der Waals surface area (Å²) in [5.74, 6) is 2.12. The van der Waals surface area contributed by atoms with Crippen molar-refractivity contribution in [2.45, 2.75) is 79.2 Å². The van der Waals surface area contributed by atoms with Crippen molar-refractivity contribution in [3.05, 3.63) is 12.2 Å². The molecule has 1 aliphatic rings. The molecule has 1 heteroatoms. The molecule has 1 N–H and O–H groups in total. The molecule has 3 atom stereocenters. The summed E-state index contributed by atoms with van der Waals surface area (Å²) in [4.78, 5) is 0. The van der Waals surface area contributed by atoms with Crippen LogP contribution in [0.25, 0.3) is 0 Å². The summed E-state index contributed by atoms with van der Waals surface area (Å²) in [6.45, 7) is 11.6. The van der Waals surface area contributed by atoms with Gasteiger partial charge in [0.15, 0.2) is 0 Å². The number of hydrogen-bond acceptors (Lipinski definition) is 1. The van der Waals surface area contributed by atoms with Gasteiger partial charge in [-0.05, 0) is 36.0 Å². The molecule has 0 aliphatic heterocycles. The number of hydrogen-bond donors (Lipinski definition) is 1. The molecule has 1 saturated carbocycles. The highest BCUT2D eigenvalue weighted by Gasteiger charge is 2.34. The Morgan fingerprint density at radius 3 is 2.53 bits per heavy atom. The molecule has 0 saturated heterocycles. The molecular formula is C18H34O. The van der Waals surface area contributed by atoms with E-state index < -0.39 is 0 Å². The van der Waals surface area contributed by atoms with Gasteiger partial charge in [-0.25, -0.2) is 0 Å². The first-order chi connectivity index (χ1) is 8.83. The Balaban J connectivity index is 2.44. The van der Waals surface area contributed by atoms with Gasteiger partial charge in [0.2, 0.25) is 0 Å². The molecule has 1 aliphatic carbocycles. The van der Waals surface area contributed by atoms with Gasteiger partial charge in [0.05, 0.1) is 6.10 Å².